The van der Waals surface area contributed by atoms with Gasteiger partial charge in [-0.05, 0) is 50.2 Å². The monoisotopic (exact) mass is 426 g/mol. The predicted octanol–water partition coefficient (Wildman–Crippen LogP) is 4.89. The molecule has 0 saturated heterocycles. The van der Waals surface area contributed by atoms with E-state index in [0.717, 1.165) is 16.5 Å². The molecule has 0 bridgehead atoms. The average molecular weight is 427 g/mol. The zero-order valence-electron chi connectivity index (χ0n) is 16.5. The lowest BCUT2D eigenvalue weighted by Gasteiger charge is -2.13. The van der Waals surface area contributed by atoms with E-state index in [1.807, 2.05) is 26.0 Å². The molecule has 3 aromatic carbocycles. The summed E-state index contributed by atoms with van der Waals surface area (Å²) in [7, 11) is -4.04. The Balaban J connectivity index is 2.19. The summed E-state index contributed by atoms with van der Waals surface area (Å²) in [6, 6.07) is 20.7. The fourth-order valence-electron chi connectivity index (χ4n) is 2.78. The number of rotatable bonds is 6. The molecule has 29 heavy (non-hydrogen) atoms. The average Bonchev–Trinajstić information content (AvgIpc) is 2.72. The van der Waals surface area contributed by atoms with Crippen molar-refractivity contribution in [3.63, 3.8) is 0 Å². The number of aryl methyl sites for hydroxylation is 2. The first-order valence-electron chi connectivity index (χ1n) is 8.97. The van der Waals surface area contributed by atoms with Crippen LogP contribution in [-0.4, -0.2) is 19.7 Å². The molecule has 0 radical (unpaired) electrons. The highest BCUT2D eigenvalue weighted by Crippen LogP contribution is 2.33. The van der Waals surface area contributed by atoms with Crippen LogP contribution < -0.4 is 4.74 Å². The topological polar surface area (TPSA) is 60.4 Å². The van der Waals surface area contributed by atoms with E-state index in [2.05, 4.69) is 0 Å². The zero-order valence-corrected chi connectivity index (χ0v) is 18.1. The smallest absolute Gasteiger partial charge is 0.201 e. The van der Waals surface area contributed by atoms with Gasteiger partial charge in [-0.2, -0.15) is 0 Å². The van der Waals surface area contributed by atoms with Crippen LogP contribution in [-0.2, 0) is 20.6 Å². The molecule has 0 spiro atoms. The second-order valence-electron chi connectivity index (χ2n) is 6.62. The Hall–Kier alpha value is -2.70. The molecule has 1 atom stereocenters. The molecule has 4 nitrogen and oxygen atoms in total. The fourth-order valence-corrected chi connectivity index (χ4v) is 5.58. The van der Waals surface area contributed by atoms with Crippen LogP contribution in [0, 0.1) is 13.8 Å². The van der Waals surface area contributed by atoms with Crippen molar-refractivity contribution in [2.75, 3.05) is 7.11 Å². The lowest BCUT2D eigenvalue weighted by molar-refractivity contribution is 0.413. The summed E-state index contributed by atoms with van der Waals surface area (Å²) in [6.07, 6.45) is 0. The molecule has 0 aliphatic heterocycles. The highest BCUT2D eigenvalue weighted by atomic mass is 32.2. The van der Waals surface area contributed by atoms with Gasteiger partial charge in [0.15, 0.2) is 0 Å². The van der Waals surface area contributed by atoms with Gasteiger partial charge in [0, 0.05) is 10.5 Å². The molecule has 6 heteroatoms. The summed E-state index contributed by atoms with van der Waals surface area (Å²) >= 11 is 0. The van der Waals surface area contributed by atoms with Crippen LogP contribution in [0.4, 0.5) is 0 Å². The quantitative estimate of drug-likeness (QED) is 0.563. The van der Waals surface area contributed by atoms with Crippen LogP contribution in [0.5, 0.6) is 5.75 Å². The van der Waals surface area contributed by atoms with Gasteiger partial charge < -0.3 is 4.74 Å². The van der Waals surface area contributed by atoms with Gasteiger partial charge in [0.05, 0.1) is 33.1 Å². The summed E-state index contributed by atoms with van der Waals surface area (Å²) in [5.74, 6) is 0.457. The summed E-state index contributed by atoms with van der Waals surface area (Å²) in [4.78, 5) is 0.843. The minimum atomic E-state index is -3.82. The number of hydrogen-bond acceptors (Lipinski definition) is 4. The minimum Gasteiger partial charge on any atom is -0.496 e. The number of sulfone groups is 1. The standard InChI is InChI=1S/C23H22O4S2/c1-17-8-12-19(13-9-17)28(24)23(21-6-4-5-7-22(21)27-3)16-29(25,26)20-14-10-18(2)11-15-20/h4-16H,1-3H3. The number of para-hydroxylation sites is 1. The zero-order chi connectivity index (χ0) is 21.0. The Labute approximate surface area is 174 Å². The number of methoxy groups -OCH3 is 1. The third-order valence-corrected chi connectivity index (χ3v) is 7.48. The number of benzene rings is 3. The molecule has 3 aromatic rings. The molecule has 0 aromatic heterocycles. The Morgan fingerprint density at radius 1 is 0.862 bits per heavy atom. The summed E-state index contributed by atoms with van der Waals surface area (Å²) in [5.41, 5.74) is 2.46. The number of ether oxygens (including phenoxy) is 1. The Morgan fingerprint density at radius 3 is 2.00 bits per heavy atom. The van der Waals surface area contributed by atoms with Crippen molar-refractivity contribution in [2.45, 2.75) is 23.6 Å². The second-order valence-corrected chi connectivity index (χ2v) is 9.87. The molecule has 0 fully saturated rings. The Morgan fingerprint density at radius 2 is 1.41 bits per heavy atom. The van der Waals surface area contributed by atoms with Crippen molar-refractivity contribution in [3.8, 4) is 5.75 Å². The molecule has 0 aliphatic rings. The molecule has 0 heterocycles. The van der Waals surface area contributed by atoms with Gasteiger partial charge in [0.2, 0.25) is 9.84 Å². The van der Waals surface area contributed by atoms with E-state index in [9.17, 15) is 12.6 Å². The van der Waals surface area contributed by atoms with E-state index in [0.29, 0.717) is 16.2 Å². The van der Waals surface area contributed by atoms with Crippen molar-refractivity contribution >= 4 is 25.5 Å². The van der Waals surface area contributed by atoms with Crippen LogP contribution in [0.15, 0.2) is 88.0 Å². The predicted molar refractivity (Wildman–Crippen MR) is 117 cm³/mol. The van der Waals surface area contributed by atoms with E-state index in [4.69, 9.17) is 4.74 Å². The molecule has 0 aliphatic carbocycles. The van der Waals surface area contributed by atoms with E-state index in [1.165, 1.54) is 7.11 Å². The van der Waals surface area contributed by atoms with Crippen molar-refractivity contribution < 1.29 is 17.4 Å². The molecule has 0 saturated carbocycles. The highest BCUT2D eigenvalue weighted by molar-refractivity contribution is 7.99. The summed E-state index contributed by atoms with van der Waals surface area (Å²) in [5, 5.41) is 1.09. The first kappa shape index (κ1) is 21.0. The fraction of sp³-hybridized carbons (Fsp3) is 0.130. The minimum absolute atomic E-state index is 0.149. The van der Waals surface area contributed by atoms with Crippen molar-refractivity contribution in [1.29, 1.82) is 0 Å². The highest BCUT2D eigenvalue weighted by Gasteiger charge is 2.21. The molecular weight excluding hydrogens is 404 g/mol. The lowest BCUT2D eigenvalue weighted by atomic mass is 10.2. The van der Waals surface area contributed by atoms with Crippen molar-refractivity contribution in [2.24, 2.45) is 0 Å². The second kappa shape index (κ2) is 8.76. The van der Waals surface area contributed by atoms with Gasteiger partial charge >= 0.3 is 0 Å². The molecule has 1 unspecified atom stereocenters. The molecular formula is C23H22O4S2. The molecule has 0 amide bonds. The van der Waals surface area contributed by atoms with Gasteiger partial charge in [-0.25, -0.2) is 12.6 Å². The third kappa shape index (κ3) is 4.83. The maximum Gasteiger partial charge on any atom is 0.201 e. The van der Waals surface area contributed by atoms with Gasteiger partial charge in [0.25, 0.3) is 0 Å². The largest absolute Gasteiger partial charge is 0.496 e. The van der Waals surface area contributed by atoms with Crippen LogP contribution >= 0.6 is 0 Å². The summed E-state index contributed by atoms with van der Waals surface area (Å²) in [6.45, 7) is 3.82. The maximum atomic E-state index is 13.4. The van der Waals surface area contributed by atoms with Gasteiger partial charge in [0.1, 0.15) is 5.75 Å². The van der Waals surface area contributed by atoms with Crippen LogP contribution in [0.1, 0.15) is 16.7 Å². The normalized spacial score (nSPS) is 13.1. The van der Waals surface area contributed by atoms with Crippen LogP contribution in [0.25, 0.3) is 4.91 Å². The molecule has 3 rings (SSSR count). The third-order valence-electron chi connectivity index (χ3n) is 4.42. The summed E-state index contributed by atoms with van der Waals surface area (Å²) < 4.78 is 44.9. The van der Waals surface area contributed by atoms with E-state index >= 15 is 0 Å². The van der Waals surface area contributed by atoms with Gasteiger partial charge in [-0.15, -0.1) is 0 Å². The van der Waals surface area contributed by atoms with Crippen molar-refractivity contribution in [3.05, 3.63) is 94.9 Å². The first-order valence-corrected chi connectivity index (χ1v) is 11.7. The first-order chi connectivity index (χ1) is 13.8. The van der Waals surface area contributed by atoms with E-state index in [1.54, 1.807) is 60.7 Å². The van der Waals surface area contributed by atoms with Crippen LogP contribution in [0.3, 0.4) is 0 Å². The Kier molecular flexibility index (Phi) is 6.35. The lowest BCUT2D eigenvalue weighted by Crippen LogP contribution is -2.04. The molecule has 0 N–H and O–H groups in total. The van der Waals surface area contributed by atoms with Gasteiger partial charge in [-0.3, -0.25) is 0 Å². The SMILES string of the molecule is COc1ccccc1C(=CS(=O)(=O)c1ccc(C)cc1)S(=O)c1ccc(C)cc1. The van der Waals surface area contributed by atoms with E-state index < -0.39 is 20.6 Å². The maximum absolute atomic E-state index is 13.4. The number of hydrogen-bond donors (Lipinski definition) is 0. The van der Waals surface area contributed by atoms with Crippen LogP contribution in [0.2, 0.25) is 0 Å². The Bertz CT molecular complexity index is 1160. The van der Waals surface area contributed by atoms with E-state index in [-0.39, 0.29) is 9.80 Å². The van der Waals surface area contributed by atoms with Gasteiger partial charge in [-0.1, -0.05) is 47.5 Å². The van der Waals surface area contributed by atoms with Crippen molar-refractivity contribution in [1.82, 2.24) is 0 Å². The molecule has 150 valence electrons.